The third kappa shape index (κ3) is 3.09. The number of fused-ring (bicyclic) bond motifs is 1. The molecule has 0 saturated carbocycles. The zero-order chi connectivity index (χ0) is 12.3. The van der Waals surface area contributed by atoms with Gasteiger partial charge in [-0.15, -0.1) is 0 Å². The average Bonchev–Trinajstić information content (AvgIpc) is 2.71. The molecule has 0 heterocycles. The average molecular weight is 298 g/mol. The SMILES string of the molecule is CC(CCCO)NC1CCc2c(Br)cccc21. The van der Waals surface area contributed by atoms with Gasteiger partial charge in [0, 0.05) is 23.2 Å². The monoisotopic (exact) mass is 297 g/mol. The van der Waals surface area contributed by atoms with Crippen molar-refractivity contribution >= 4 is 15.9 Å². The number of benzene rings is 1. The maximum absolute atomic E-state index is 8.84. The van der Waals surface area contributed by atoms with Gasteiger partial charge in [0.1, 0.15) is 0 Å². The quantitative estimate of drug-likeness (QED) is 0.875. The topological polar surface area (TPSA) is 32.3 Å². The third-order valence-corrected chi connectivity index (χ3v) is 4.24. The zero-order valence-corrected chi connectivity index (χ0v) is 11.8. The molecule has 94 valence electrons. The maximum Gasteiger partial charge on any atom is 0.0431 e. The van der Waals surface area contributed by atoms with Crippen LogP contribution in [0.15, 0.2) is 22.7 Å². The van der Waals surface area contributed by atoms with E-state index in [1.54, 1.807) is 0 Å². The van der Waals surface area contributed by atoms with Crippen LogP contribution in [0.3, 0.4) is 0 Å². The Kier molecular flexibility index (Phi) is 4.60. The second kappa shape index (κ2) is 5.98. The fraction of sp³-hybridized carbons (Fsp3) is 0.571. The molecule has 0 bridgehead atoms. The summed E-state index contributed by atoms with van der Waals surface area (Å²) in [6.07, 6.45) is 4.26. The van der Waals surface area contributed by atoms with E-state index in [4.69, 9.17) is 5.11 Å². The van der Waals surface area contributed by atoms with Crippen molar-refractivity contribution in [2.45, 2.75) is 44.7 Å². The summed E-state index contributed by atoms with van der Waals surface area (Å²) >= 11 is 3.62. The largest absolute Gasteiger partial charge is 0.396 e. The molecule has 1 aromatic carbocycles. The van der Waals surface area contributed by atoms with Gasteiger partial charge in [-0.3, -0.25) is 0 Å². The van der Waals surface area contributed by atoms with E-state index in [1.807, 2.05) is 0 Å². The highest BCUT2D eigenvalue weighted by Crippen LogP contribution is 2.35. The molecule has 3 heteroatoms. The van der Waals surface area contributed by atoms with Crippen LogP contribution in [0.4, 0.5) is 0 Å². The van der Waals surface area contributed by atoms with Crippen molar-refractivity contribution in [2.75, 3.05) is 6.61 Å². The van der Waals surface area contributed by atoms with Crippen molar-refractivity contribution in [3.63, 3.8) is 0 Å². The number of aliphatic hydroxyl groups is 1. The molecule has 1 aliphatic carbocycles. The number of rotatable bonds is 5. The molecule has 0 saturated heterocycles. The van der Waals surface area contributed by atoms with E-state index in [-0.39, 0.29) is 0 Å². The van der Waals surface area contributed by atoms with Crippen LogP contribution in [0.5, 0.6) is 0 Å². The summed E-state index contributed by atoms with van der Waals surface area (Å²) in [5, 5.41) is 12.5. The lowest BCUT2D eigenvalue weighted by Crippen LogP contribution is -2.29. The van der Waals surface area contributed by atoms with E-state index in [0.29, 0.717) is 18.7 Å². The fourth-order valence-corrected chi connectivity index (χ4v) is 3.19. The van der Waals surface area contributed by atoms with Gasteiger partial charge in [0.05, 0.1) is 0 Å². The van der Waals surface area contributed by atoms with Gasteiger partial charge in [-0.25, -0.2) is 0 Å². The molecule has 0 radical (unpaired) electrons. The summed E-state index contributed by atoms with van der Waals surface area (Å²) in [5.41, 5.74) is 2.90. The second-order valence-corrected chi connectivity index (χ2v) is 5.69. The molecule has 0 fully saturated rings. The first-order chi connectivity index (χ1) is 8.22. The van der Waals surface area contributed by atoms with Gasteiger partial charge < -0.3 is 10.4 Å². The van der Waals surface area contributed by atoms with Gasteiger partial charge in [0.25, 0.3) is 0 Å². The number of halogens is 1. The van der Waals surface area contributed by atoms with E-state index in [0.717, 1.165) is 19.3 Å². The fourth-order valence-electron chi connectivity index (χ4n) is 2.61. The Bertz CT molecular complexity index is 380. The molecule has 2 atom stereocenters. The Morgan fingerprint density at radius 3 is 3.12 bits per heavy atom. The van der Waals surface area contributed by atoms with Crippen LogP contribution < -0.4 is 5.32 Å². The molecule has 0 aliphatic heterocycles. The maximum atomic E-state index is 8.84. The molecule has 2 unspecified atom stereocenters. The van der Waals surface area contributed by atoms with Gasteiger partial charge in [0.2, 0.25) is 0 Å². The van der Waals surface area contributed by atoms with Crippen molar-refractivity contribution in [3.8, 4) is 0 Å². The molecule has 1 aromatic rings. The molecular weight excluding hydrogens is 278 g/mol. The van der Waals surface area contributed by atoms with Crippen molar-refractivity contribution < 1.29 is 5.11 Å². The highest BCUT2D eigenvalue weighted by Gasteiger charge is 2.24. The van der Waals surface area contributed by atoms with E-state index >= 15 is 0 Å². The van der Waals surface area contributed by atoms with Gasteiger partial charge in [-0.05, 0) is 49.8 Å². The van der Waals surface area contributed by atoms with Crippen LogP contribution in [0.2, 0.25) is 0 Å². The van der Waals surface area contributed by atoms with Crippen LogP contribution in [0.25, 0.3) is 0 Å². The van der Waals surface area contributed by atoms with Crippen LogP contribution in [0.1, 0.15) is 43.4 Å². The van der Waals surface area contributed by atoms with Crippen molar-refractivity contribution in [1.29, 1.82) is 0 Å². The Morgan fingerprint density at radius 2 is 2.35 bits per heavy atom. The van der Waals surface area contributed by atoms with E-state index in [2.05, 4.69) is 46.4 Å². The molecule has 17 heavy (non-hydrogen) atoms. The molecule has 0 aromatic heterocycles. The lowest BCUT2D eigenvalue weighted by molar-refractivity contribution is 0.273. The number of hydrogen-bond donors (Lipinski definition) is 2. The normalized spacial score (nSPS) is 20.3. The van der Waals surface area contributed by atoms with Crippen molar-refractivity contribution in [1.82, 2.24) is 5.32 Å². The second-order valence-electron chi connectivity index (χ2n) is 4.83. The highest BCUT2D eigenvalue weighted by molar-refractivity contribution is 9.10. The van der Waals surface area contributed by atoms with Crippen LogP contribution >= 0.6 is 15.9 Å². The predicted molar refractivity (Wildman–Crippen MR) is 74.1 cm³/mol. The summed E-state index contributed by atoms with van der Waals surface area (Å²) in [6, 6.07) is 7.41. The minimum absolute atomic E-state index is 0.290. The first-order valence-corrected chi connectivity index (χ1v) is 7.16. The van der Waals surface area contributed by atoms with E-state index in [1.165, 1.54) is 22.0 Å². The lowest BCUT2D eigenvalue weighted by Gasteiger charge is -2.20. The Hall–Kier alpha value is -0.380. The minimum Gasteiger partial charge on any atom is -0.396 e. The first kappa shape index (κ1) is 13.1. The molecular formula is C14H20BrNO. The molecule has 2 N–H and O–H groups in total. The molecule has 0 amide bonds. The van der Waals surface area contributed by atoms with Crippen LogP contribution in [-0.4, -0.2) is 17.8 Å². The van der Waals surface area contributed by atoms with E-state index in [9.17, 15) is 0 Å². The zero-order valence-electron chi connectivity index (χ0n) is 10.2. The van der Waals surface area contributed by atoms with Gasteiger partial charge >= 0.3 is 0 Å². The van der Waals surface area contributed by atoms with Crippen LogP contribution in [0, 0.1) is 0 Å². The van der Waals surface area contributed by atoms with Crippen molar-refractivity contribution in [2.24, 2.45) is 0 Å². The van der Waals surface area contributed by atoms with Crippen molar-refractivity contribution in [3.05, 3.63) is 33.8 Å². The van der Waals surface area contributed by atoms with Crippen LogP contribution in [-0.2, 0) is 6.42 Å². The van der Waals surface area contributed by atoms with Gasteiger partial charge in [-0.1, -0.05) is 28.1 Å². The summed E-state index contributed by atoms with van der Waals surface area (Å²) in [7, 11) is 0. The summed E-state index contributed by atoms with van der Waals surface area (Å²) in [6.45, 7) is 2.49. The Morgan fingerprint density at radius 1 is 1.53 bits per heavy atom. The van der Waals surface area contributed by atoms with Gasteiger partial charge in [0.15, 0.2) is 0 Å². The Labute approximate surface area is 112 Å². The summed E-state index contributed by atoms with van der Waals surface area (Å²) in [4.78, 5) is 0. The summed E-state index contributed by atoms with van der Waals surface area (Å²) < 4.78 is 1.24. The molecule has 2 nitrogen and oxygen atoms in total. The third-order valence-electron chi connectivity index (χ3n) is 3.49. The first-order valence-electron chi connectivity index (χ1n) is 6.36. The standard InChI is InChI=1S/C14H20BrNO/c1-10(4-3-9-17)16-14-8-7-11-12(14)5-2-6-13(11)15/h2,5-6,10,14,16-17H,3-4,7-9H2,1H3. The van der Waals surface area contributed by atoms with Gasteiger partial charge in [-0.2, -0.15) is 0 Å². The number of aliphatic hydroxyl groups excluding tert-OH is 1. The Balaban J connectivity index is 2.00. The summed E-state index contributed by atoms with van der Waals surface area (Å²) in [5.74, 6) is 0. The number of hydrogen-bond acceptors (Lipinski definition) is 2. The molecule has 0 spiro atoms. The molecule has 1 aliphatic rings. The van der Waals surface area contributed by atoms with E-state index < -0.39 is 0 Å². The number of nitrogens with one attached hydrogen (secondary N) is 1. The lowest BCUT2D eigenvalue weighted by atomic mass is 10.1. The smallest absolute Gasteiger partial charge is 0.0431 e. The minimum atomic E-state index is 0.290. The highest BCUT2D eigenvalue weighted by atomic mass is 79.9. The molecule has 2 rings (SSSR count). The predicted octanol–water partition coefficient (Wildman–Crippen LogP) is 3.19.